The molecule has 0 aliphatic heterocycles. The van der Waals surface area contributed by atoms with Crippen LogP contribution in [0.2, 0.25) is 0 Å². The van der Waals surface area contributed by atoms with Gasteiger partial charge in [0.1, 0.15) is 0 Å². The van der Waals surface area contributed by atoms with E-state index < -0.39 is 5.60 Å². The topological polar surface area (TPSA) is 56.7 Å². The molecule has 3 N–H and O–H groups in total. The molecule has 2 aliphatic carbocycles. The van der Waals surface area contributed by atoms with Gasteiger partial charge >= 0.3 is 0 Å². The van der Waals surface area contributed by atoms with E-state index in [4.69, 9.17) is 0 Å². The zero-order valence-corrected chi connectivity index (χ0v) is 13.7. The maximum absolute atomic E-state index is 10.2. The van der Waals surface area contributed by atoms with Crippen LogP contribution in [0, 0.1) is 5.92 Å². The Morgan fingerprint density at radius 1 is 1.39 bits per heavy atom. The average Bonchev–Trinajstić information content (AvgIpc) is 2.80. The predicted molar refractivity (Wildman–Crippen MR) is 85.5 cm³/mol. The van der Waals surface area contributed by atoms with Crippen molar-refractivity contribution in [1.29, 1.82) is 0 Å². The standard InChI is InChI=1S/C13H25N3O.HI/c1-3-14-12(16-11-8-10(11)2)15-9-13(17)6-4-5-7-13;/h10-11,17H,3-9H2,1-2H3,(H2,14,15,16);1H. The molecule has 0 radical (unpaired) electrons. The smallest absolute Gasteiger partial charge is 0.191 e. The SMILES string of the molecule is CCNC(=NCC1(O)CCCC1)NC1CC1C.I. The average molecular weight is 367 g/mol. The van der Waals surface area contributed by atoms with Crippen molar-refractivity contribution in [3.63, 3.8) is 0 Å². The highest BCUT2D eigenvalue weighted by atomic mass is 127. The van der Waals surface area contributed by atoms with Crippen molar-refractivity contribution < 1.29 is 5.11 Å². The Hall–Kier alpha value is -0.0400. The van der Waals surface area contributed by atoms with Crippen LogP contribution in [-0.4, -0.2) is 35.8 Å². The molecule has 106 valence electrons. The summed E-state index contributed by atoms with van der Waals surface area (Å²) in [7, 11) is 0. The molecule has 4 nitrogen and oxygen atoms in total. The van der Waals surface area contributed by atoms with Gasteiger partial charge in [-0.2, -0.15) is 0 Å². The highest BCUT2D eigenvalue weighted by Crippen LogP contribution is 2.30. The summed E-state index contributed by atoms with van der Waals surface area (Å²) in [6, 6.07) is 0.575. The summed E-state index contributed by atoms with van der Waals surface area (Å²) >= 11 is 0. The fourth-order valence-corrected chi connectivity index (χ4v) is 2.44. The molecule has 0 heterocycles. The lowest BCUT2D eigenvalue weighted by Crippen LogP contribution is -2.40. The third-order valence-corrected chi connectivity index (χ3v) is 3.84. The molecule has 0 spiro atoms. The van der Waals surface area contributed by atoms with Gasteiger partial charge in [0, 0.05) is 12.6 Å². The fourth-order valence-electron chi connectivity index (χ4n) is 2.44. The summed E-state index contributed by atoms with van der Waals surface area (Å²) < 4.78 is 0. The second kappa shape index (κ2) is 6.93. The summed E-state index contributed by atoms with van der Waals surface area (Å²) in [5.74, 6) is 1.62. The van der Waals surface area contributed by atoms with E-state index in [2.05, 4.69) is 29.5 Å². The van der Waals surface area contributed by atoms with Gasteiger partial charge in [-0.05, 0) is 32.1 Å². The maximum Gasteiger partial charge on any atom is 0.191 e. The van der Waals surface area contributed by atoms with Crippen LogP contribution in [-0.2, 0) is 0 Å². The molecule has 2 rings (SSSR count). The molecule has 2 unspecified atom stereocenters. The number of rotatable bonds is 4. The van der Waals surface area contributed by atoms with Crippen molar-refractivity contribution in [2.45, 2.75) is 57.6 Å². The summed E-state index contributed by atoms with van der Waals surface area (Å²) in [5.41, 5.74) is -0.544. The van der Waals surface area contributed by atoms with Gasteiger partial charge in [-0.3, -0.25) is 4.99 Å². The molecule has 5 heteroatoms. The second-order valence-corrected chi connectivity index (χ2v) is 5.59. The molecule has 0 saturated heterocycles. The van der Waals surface area contributed by atoms with E-state index in [1.165, 1.54) is 6.42 Å². The second-order valence-electron chi connectivity index (χ2n) is 5.59. The Bertz CT molecular complexity index is 290. The molecule has 0 aromatic heterocycles. The van der Waals surface area contributed by atoms with Crippen molar-refractivity contribution in [3.05, 3.63) is 0 Å². The van der Waals surface area contributed by atoms with Crippen LogP contribution in [0.5, 0.6) is 0 Å². The van der Waals surface area contributed by atoms with E-state index in [-0.39, 0.29) is 24.0 Å². The highest BCUT2D eigenvalue weighted by molar-refractivity contribution is 14.0. The Morgan fingerprint density at radius 3 is 2.50 bits per heavy atom. The number of aliphatic hydroxyl groups is 1. The molecule has 18 heavy (non-hydrogen) atoms. The van der Waals surface area contributed by atoms with Gasteiger partial charge in [0.05, 0.1) is 12.1 Å². The molecule has 2 fully saturated rings. The number of nitrogens with zero attached hydrogens (tertiary/aromatic N) is 1. The fraction of sp³-hybridized carbons (Fsp3) is 0.923. The first-order valence-electron chi connectivity index (χ1n) is 6.90. The molecule has 2 saturated carbocycles. The van der Waals surface area contributed by atoms with Crippen LogP contribution in [0.4, 0.5) is 0 Å². The van der Waals surface area contributed by atoms with Gasteiger partial charge in [0.25, 0.3) is 0 Å². The monoisotopic (exact) mass is 367 g/mol. The summed E-state index contributed by atoms with van der Waals surface area (Å²) in [6.07, 6.45) is 5.30. The van der Waals surface area contributed by atoms with Gasteiger partial charge < -0.3 is 15.7 Å². The van der Waals surface area contributed by atoms with E-state index in [1.807, 2.05) is 0 Å². The molecular weight excluding hydrogens is 341 g/mol. The zero-order valence-electron chi connectivity index (χ0n) is 11.4. The van der Waals surface area contributed by atoms with Gasteiger partial charge in [0.15, 0.2) is 5.96 Å². The van der Waals surface area contributed by atoms with Crippen molar-refractivity contribution in [2.75, 3.05) is 13.1 Å². The van der Waals surface area contributed by atoms with Crippen molar-refractivity contribution >= 4 is 29.9 Å². The lowest BCUT2D eigenvalue weighted by Gasteiger charge is -2.20. The number of nitrogens with one attached hydrogen (secondary N) is 2. The maximum atomic E-state index is 10.2. The molecule has 0 amide bonds. The number of guanidine groups is 1. The molecule has 0 aromatic carbocycles. The molecule has 0 bridgehead atoms. The van der Waals surface area contributed by atoms with E-state index in [0.717, 1.165) is 44.1 Å². The summed E-state index contributed by atoms with van der Waals surface area (Å²) in [6.45, 7) is 5.71. The van der Waals surface area contributed by atoms with Crippen LogP contribution < -0.4 is 10.6 Å². The van der Waals surface area contributed by atoms with Crippen molar-refractivity contribution in [2.24, 2.45) is 10.9 Å². The van der Waals surface area contributed by atoms with Crippen LogP contribution in [0.3, 0.4) is 0 Å². The highest BCUT2D eigenvalue weighted by Gasteiger charge is 2.34. The number of hydrogen-bond acceptors (Lipinski definition) is 2. The van der Waals surface area contributed by atoms with Gasteiger partial charge in [0.2, 0.25) is 0 Å². The predicted octanol–water partition coefficient (Wildman–Crippen LogP) is 1.87. The van der Waals surface area contributed by atoms with E-state index in [0.29, 0.717) is 12.6 Å². The van der Waals surface area contributed by atoms with Crippen LogP contribution in [0.25, 0.3) is 0 Å². The first kappa shape index (κ1) is 16.0. The number of hydrogen-bond donors (Lipinski definition) is 3. The number of aliphatic imine (C=N–C) groups is 1. The minimum Gasteiger partial charge on any atom is -0.388 e. The Morgan fingerprint density at radius 2 is 2.00 bits per heavy atom. The minimum absolute atomic E-state index is 0. The van der Waals surface area contributed by atoms with Crippen molar-refractivity contribution in [3.8, 4) is 0 Å². The molecule has 0 aromatic rings. The number of halogens is 1. The van der Waals surface area contributed by atoms with E-state index >= 15 is 0 Å². The molecule has 2 atom stereocenters. The zero-order chi connectivity index (χ0) is 12.3. The van der Waals surface area contributed by atoms with Crippen LogP contribution >= 0.6 is 24.0 Å². The quantitative estimate of drug-likeness (QED) is 0.404. The lowest BCUT2D eigenvalue weighted by atomic mass is 10.0. The Labute approximate surface area is 127 Å². The normalized spacial score (nSPS) is 29.6. The third-order valence-electron chi connectivity index (χ3n) is 3.84. The van der Waals surface area contributed by atoms with E-state index in [1.54, 1.807) is 0 Å². The van der Waals surface area contributed by atoms with Gasteiger partial charge in [-0.1, -0.05) is 19.8 Å². The lowest BCUT2D eigenvalue weighted by molar-refractivity contribution is 0.0574. The van der Waals surface area contributed by atoms with Crippen LogP contribution in [0.15, 0.2) is 4.99 Å². The summed E-state index contributed by atoms with van der Waals surface area (Å²) in [4.78, 5) is 4.53. The van der Waals surface area contributed by atoms with Crippen molar-refractivity contribution in [1.82, 2.24) is 10.6 Å². The Balaban J connectivity index is 0.00000162. The largest absolute Gasteiger partial charge is 0.388 e. The third kappa shape index (κ3) is 4.57. The Kier molecular flexibility index (Phi) is 6.17. The molecular formula is C13H26IN3O. The van der Waals surface area contributed by atoms with Crippen LogP contribution in [0.1, 0.15) is 46.0 Å². The van der Waals surface area contributed by atoms with E-state index in [9.17, 15) is 5.11 Å². The van der Waals surface area contributed by atoms with Gasteiger partial charge in [-0.25, -0.2) is 0 Å². The van der Waals surface area contributed by atoms with Gasteiger partial charge in [-0.15, -0.1) is 24.0 Å². The first-order chi connectivity index (χ1) is 8.13. The minimum atomic E-state index is -0.544. The summed E-state index contributed by atoms with van der Waals surface area (Å²) in [5, 5.41) is 16.9. The molecule has 2 aliphatic rings. The first-order valence-corrected chi connectivity index (χ1v) is 6.90.